The molecule has 0 atom stereocenters. The van der Waals surface area contributed by atoms with Gasteiger partial charge in [-0.05, 0) is 33.9 Å². The Hall–Kier alpha value is -1.31. The predicted octanol–water partition coefficient (Wildman–Crippen LogP) is 0.514. The molecule has 4 nitrogen and oxygen atoms in total. The largest absolute Gasteiger partial charge is 0.294 e. The highest BCUT2D eigenvalue weighted by atomic mass is 16.2. The van der Waals surface area contributed by atoms with Crippen LogP contribution < -0.4 is 11.3 Å². The Morgan fingerprint density at radius 2 is 2.12 bits per heavy atom. The number of hydrogen-bond acceptors (Lipinski definition) is 3. The summed E-state index contributed by atoms with van der Waals surface area (Å²) in [7, 11) is 1.84. The fourth-order valence-corrected chi connectivity index (χ4v) is 0.905. The minimum atomic E-state index is -0.198. The number of likely N-dealkylation sites (N-methyl/N-ethyl adjacent to an activating group) is 1. The van der Waals surface area contributed by atoms with Crippen molar-refractivity contribution in [1.82, 2.24) is 10.3 Å². The Bertz CT molecular complexity index is 304. The van der Waals surface area contributed by atoms with Gasteiger partial charge in [-0.25, -0.2) is 5.84 Å². The van der Waals surface area contributed by atoms with Gasteiger partial charge in [0.1, 0.15) is 0 Å². The Kier molecular flexibility index (Phi) is 6.47. The fraction of sp³-hybridized carbons (Fsp3) is 0.583. The van der Waals surface area contributed by atoms with Gasteiger partial charge in [0.25, 0.3) is 0 Å². The number of nitrogens with two attached hydrogens (primary N) is 1. The van der Waals surface area contributed by atoms with Gasteiger partial charge in [-0.15, -0.1) is 0 Å². The van der Waals surface area contributed by atoms with Crippen molar-refractivity contribution < 1.29 is 4.79 Å². The van der Waals surface area contributed by atoms with Crippen molar-refractivity contribution in [2.24, 2.45) is 11.3 Å². The van der Waals surface area contributed by atoms with Crippen molar-refractivity contribution in [2.75, 3.05) is 20.1 Å². The number of rotatable bonds is 4. The third-order valence-corrected chi connectivity index (χ3v) is 1.64. The molecule has 0 fully saturated rings. The SMILES string of the molecule is CN(C/C=C/C#CC(C)(C)C)CC(=O)NN. The molecule has 4 heteroatoms. The highest BCUT2D eigenvalue weighted by Crippen LogP contribution is 2.09. The molecule has 0 aromatic carbocycles. The maximum absolute atomic E-state index is 10.9. The summed E-state index contributed by atoms with van der Waals surface area (Å²) < 4.78 is 0. The Labute approximate surface area is 97.8 Å². The maximum atomic E-state index is 10.9. The van der Waals surface area contributed by atoms with Crippen molar-refractivity contribution in [3.8, 4) is 11.8 Å². The van der Waals surface area contributed by atoms with Crippen LogP contribution in [0.25, 0.3) is 0 Å². The Morgan fingerprint density at radius 3 is 2.62 bits per heavy atom. The van der Waals surface area contributed by atoms with Crippen LogP contribution in [0, 0.1) is 17.3 Å². The van der Waals surface area contributed by atoms with E-state index in [1.54, 1.807) is 0 Å². The molecule has 16 heavy (non-hydrogen) atoms. The summed E-state index contributed by atoms with van der Waals surface area (Å²) in [5.74, 6) is 10.8. The first kappa shape index (κ1) is 14.7. The van der Waals surface area contributed by atoms with Crippen LogP contribution >= 0.6 is 0 Å². The lowest BCUT2D eigenvalue weighted by atomic mass is 9.98. The zero-order valence-corrected chi connectivity index (χ0v) is 10.5. The first-order valence-corrected chi connectivity index (χ1v) is 5.21. The summed E-state index contributed by atoms with van der Waals surface area (Å²) in [6.45, 7) is 7.14. The number of carbonyl (C=O) groups is 1. The quantitative estimate of drug-likeness (QED) is 0.316. The zero-order chi connectivity index (χ0) is 12.6. The minimum absolute atomic E-state index is 0.0235. The number of nitrogens with one attached hydrogen (secondary N) is 1. The van der Waals surface area contributed by atoms with Gasteiger partial charge < -0.3 is 0 Å². The summed E-state index contributed by atoms with van der Waals surface area (Å²) in [5, 5.41) is 0. The highest BCUT2D eigenvalue weighted by molar-refractivity contribution is 5.77. The Morgan fingerprint density at radius 1 is 1.50 bits per heavy atom. The lowest BCUT2D eigenvalue weighted by Gasteiger charge is -2.11. The van der Waals surface area contributed by atoms with E-state index in [4.69, 9.17) is 5.84 Å². The van der Waals surface area contributed by atoms with Crippen LogP contribution in [-0.2, 0) is 4.79 Å². The zero-order valence-electron chi connectivity index (χ0n) is 10.5. The van der Waals surface area contributed by atoms with E-state index in [1.165, 1.54) is 0 Å². The molecule has 3 N–H and O–H groups in total. The fourth-order valence-electron chi connectivity index (χ4n) is 0.905. The van der Waals surface area contributed by atoms with Gasteiger partial charge in [0.05, 0.1) is 6.54 Å². The molecule has 0 heterocycles. The average Bonchev–Trinajstić information content (AvgIpc) is 2.15. The standard InChI is InChI=1S/C12H21N3O/c1-12(2,3)8-6-5-7-9-15(4)10-11(16)14-13/h5,7H,9-10,13H2,1-4H3,(H,14,16)/b7-5+. The van der Waals surface area contributed by atoms with Gasteiger partial charge in [-0.1, -0.05) is 17.9 Å². The molecule has 0 spiro atoms. The average molecular weight is 223 g/mol. The molecular formula is C12H21N3O. The van der Waals surface area contributed by atoms with E-state index < -0.39 is 0 Å². The lowest BCUT2D eigenvalue weighted by molar-refractivity contribution is -0.121. The second-order valence-corrected chi connectivity index (χ2v) is 4.69. The molecule has 0 aromatic heterocycles. The molecule has 0 aromatic rings. The maximum Gasteiger partial charge on any atom is 0.248 e. The number of amides is 1. The normalized spacial score (nSPS) is 11.4. The monoisotopic (exact) mass is 223 g/mol. The molecule has 0 aliphatic rings. The molecule has 0 aliphatic heterocycles. The van der Waals surface area contributed by atoms with Crippen LogP contribution in [0.5, 0.6) is 0 Å². The molecule has 0 aliphatic carbocycles. The molecule has 0 saturated heterocycles. The van der Waals surface area contributed by atoms with Gasteiger partial charge in [-0.3, -0.25) is 15.1 Å². The molecule has 0 unspecified atom stereocenters. The van der Waals surface area contributed by atoms with Crippen LogP contribution in [0.3, 0.4) is 0 Å². The van der Waals surface area contributed by atoms with Crippen LogP contribution in [0.1, 0.15) is 20.8 Å². The van der Waals surface area contributed by atoms with Crippen molar-refractivity contribution in [1.29, 1.82) is 0 Å². The topological polar surface area (TPSA) is 58.4 Å². The van der Waals surface area contributed by atoms with E-state index in [2.05, 4.69) is 38.0 Å². The van der Waals surface area contributed by atoms with Crippen LogP contribution in [0.15, 0.2) is 12.2 Å². The van der Waals surface area contributed by atoms with E-state index in [-0.39, 0.29) is 17.9 Å². The van der Waals surface area contributed by atoms with Crippen LogP contribution in [0.2, 0.25) is 0 Å². The minimum Gasteiger partial charge on any atom is -0.294 e. The number of allylic oxidation sites excluding steroid dienone is 1. The van der Waals surface area contributed by atoms with E-state index >= 15 is 0 Å². The first-order chi connectivity index (χ1) is 7.35. The predicted molar refractivity (Wildman–Crippen MR) is 66.2 cm³/mol. The van der Waals surface area contributed by atoms with Crippen molar-refractivity contribution in [3.05, 3.63) is 12.2 Å². The van der Waals surface area contributed by atoms with Gasteiger partial charge in [-0.2, -0.15) is 0 Å². The van der Waals surface area contributed by atoms with Crippen LogP contribution in [0.4, 0.5) is 0 Å². The Balaban J connectivity index is 3.91. The molecule has 0 saturated carbocycles. The molecule has 0 rings (SSSR count). The summed E-state index contributed by atoms with van der Waals surface area (Å²) in [4.78, 5) is 12.8. The summed E-state index contributed by atoms with van der Waals surface area (Å²) in [6.07, 6.45) is 3.73. The smallest absolute Gasteiger partial charge is 0.248 e. The molecule has 0 radical (unpaired) electrons. The second kappa shape index (κ2) is 7.04. The van der Waals surface area contributed by atoms with Crippen molar-refractivity contribution >= 4 is 5.91 Å². The molecule has 90 valence electrons. The summed E-state index contributed by atoms with van der Waals surface area (Å²) in [5.41, 5.74) is 2.11. The number of nitrogens with zero attached hydrogens (tertiary/aromatic N) is 1. The number of carbonyl (C=O) groups excluding carboxylic acids is 1. The van der Waals surface area contributed by atoms with Crippen molar-refractivity contribution in [3.63, 3.8) is 0 Å². The van der Waals surface area contributed by atoms with E-state index in [1.807, 2.05) is 24.1 Å². The lowest BCUT2D eigenvalue weighted by Crippen LogP contribution is -2.38. The first-order valence-electron chi connectivity index (χ1n) is 5.21. The van der Waals surface area contributed by atoms with Gasteiger partial charge in [0.15, 0.2) is 0 Å². The third kappa shape index (κ3) is 9.25. The van der Waals surface area contributed by atoms with E-state index in [0.29, 0.717) is 6.54 Å². The third-order valence-electron chi connectivity index (χ3n) is 1.64. The number of hydrogen-bond donors (Lipinski definition) is 2. The van der Waals surface area contributed by atoms with E-state index in [9.17, 15) is 4.79 Å². The van der Waals surface area contributed by atoms with Gasteiger partial charge >= 0.3 is 0 Å². The highest BCUT2D eigenvalue weighted by Gasteiger charge is 2.03. The van der Waals surface area contributed by atoms with E-state index in [0.717, 1.165) is 0 Å². The number of hydrazine groups is 1. The molecule has 0 bridgehead atoms. The van der Waals surface area contributed by atoms with Gasteiger partial charge in [0.2, 0.25) is 5.91 Å². The summed E-state index contributed by atoms with van der Waals surface area (Å²) in [6, 6.07) is 0. The van der Waals surface area contributed by atoms with Crippen LogP contribution in [-0.4, -0.2) is 30.9 Å². The second-order valence-electron chi connectivity index (χ2n) is 4.69. The molecule has 1 amide bonds. The summed E-state index contributed by atoms with van der Waals surface area (Å²) >= 11 is 0. The molecular weight excluding hydrogens is 202 g/mol. The van der Waals surface area contributed by atoms with Gasteiger partial charge in [0, 0.05) is 12.0 Å². The van der Waals surface area contributed by atoms with Crippen molar-refractivity contribution in [2.45, 2.75) is 20.8 Å².